The van der Waals surface area contributed by atoms with Gasteiger partial charge in [-0.15, -0.1) is 0 Å². The van der Waals surface area contributed by atoms with Crippen LogP contribution < -0.4 is 5.32 Å². The number of nitrogens with one attached hydrogen (secondary N) is 2. The lowest BCUT2D eigenvalue weighted by Crippen LogP contribution is -2.31. The number of aromatic amines is 1. The second kappa shape index (κ2) is 6.43. The van der Waals surface area contributed by atoms with Crippen molar-refractivity contribution < 1.29 is 18.0 Å². The Balaban J connectivity index is 1.57. The standard InChI is InChI=1S/C17H17F3N6O/c1-8-6-22-11(7-21-8)16(27)25-13(9-2-3-9)15-23-10-4-5-12(17(18,19)20)24-14(10)26-15/h6-7,9,13H,2-5H2,1H3,(H,23,26)(H,25,27)/t13-/m0/s1. The molecule has 2 aromatic heterocycles. The maximum Gasteiger partial charge on any atom is 0.429 e. The molecule has 0 saturated heterocycles. The van der Waals surface area contributed by atoms with E-state index in [1.807, 2.05) is 0 Å². The van der Waals surface area contributed by atoms with Crippen molar-refractivity contribution in [1.82, 2.24) is 25.3 Å². The summed E-state index contributed by atoms with van der Waals surface area (Å²) in [4.78, 5) is 31.5. The molecule has 27 heavy (non-hydrogen) atoms. The molecular weight excluding hydrogens is 361 g/mol. The molecule has 2 aromatic rings. The number of aromatic nitrogens is 4. The number of alkyl halides is 3. The molecule has 0 bridgehead atoms. The lowest BCUT2D eigenvalue weighted by molar-refractivity contribution is -0.0605. The molecule has 1 fully saturated rings. The van der Waals surface area contributed by atoms with E-state index in [0.717, 1.165) is 12.8 Å². The van der Waals surface area contributed by atoms with Gasteiger partial charge in [-0.2, -0.15) is 13.2 Å². The lowest BCUT2D eigenvalue weighted by atomic mass is 10.1. The molecule has 1 atom stereocenters. The third kappa shape index (κ3) is 3.69. The predicted octanol–water partition coefficient (Wildman–Crippen LogP) is 2.97. The maximum absolute atomic E-state index is 12.9. The summed E-state index contributed by atoms with van der Waals surface area (Å²) < 4.78 is 38.7. The average Bonchev–Trinajstić information content (AvgIpc) is 3.36. The molecule has 0 radical (unpaired) electrons. The number of hydrogen-bond donors (Lipinski definition) is 2. The highest BCUT2D eigenvalue weighted by Gasteiger charge is 2.39. The Morgan fingerprint density at radius 3 is 2.67 bits per heavy atom. The lowest BCUT2D eigenvalue weighted by Gasteiger charge is -2.15. The summed E-state index contributed by atoms with van der Waals surface area (Å²) in [6, 6.07) is -0.421. The van der Waals surface area contributed by atoms with Crippen LogP contribution in [0.1, 0.15) is 53.0 Å². The third-order valence-electron chi connectivity index (χ3n) is 4.64. The van der Waals surface area contributed by atoms with Gasteiger partial charge in [0.05, 0.1) is 23.6 Å². The van der Waals surface area contributed by atoms with E-state index in [4.69, 9.17) is 0 Å². The van der Waals surface area contributed by atoms with Crippen molar-refractivity contribution in [2.75, 3.05) is 0 Å². The van der Waals surface area contributed by atoms with Crippen LogP contribution in [0.5, 0.6) is 0 Å². The van der Waals surface area contributed by atoms with Crippen LogP contribution >= 0.6 is 0 Å². The first-order chi connectivity index (χ1) is 12.8. The number of nitrogens with zero attached hydrogens (tertiary/aromatic N) is 4. The fraction of sp³-hybridized carbons (Fsp3) is 0.471. The van der Waals surface area contributed by atoms with Crippen LogP contribution in [0.4, 0.5) is 19.0 Å². The van der Waals surface area contributed by atoms with Crippen LogP contribution in [0.15, 0.2) is 17.4 Å². The molecule has 10 heteroatoms. The number of hydrogen-bond acceptors (Lipinski definition) is 5. The minimum Gasteiger partial charge on any atom is -0.342 e. The Hall–Kier alpha value is -2.78. The van der Waals surface area contributed by atoms with Gasteiger partial charge in [-0.25, -0.2) is 15.0 Å². The van der Waals surface area contributed by atoms with Gasteiger partial charge in [-0.05, 0) is 32.1 Å². The van der Waals surface area contributed by atoms with E-state index in [0.29, 0.717) is 17.2 Å². The Labute approximate surface area is 152 Å². The summed E-state index contributed by atoms with van der Waals surface area (Å²) in [5, 5.41) is 2.88. The number of aryl methyl sites for hydroxylation is 2. The van der Waals surface area contributed by atoms with Gasteiger partial charge in [0, 0.05) is 12.6 Å². The zero-order valence-electron chi connectivity index (χ0n) is 14.5. The van der Waals surface area contributed by atoms with Gasteiger partial charge in [0.15, 0.2) is 5.82 Å². The van der Waals surface area contributed by atoms with Crippen molar-refractivity contribution in [3.05, 3.63) is 35.3 Å². The van der Waals surface area contributed by atoms with Gasteiger partial charge in [0.1, 0.15) is 17.2 Å². The van der Waals surface area contributed by atoms with E-state index in [1.54, 1.807) is 6.92 Å². The zero-order chi connectivity index (χ0) is 19.2. The highest BCUT2D eigenvalue weighted by molar-refractivity contribution is 5.93. The highest BCUT2D eigenvalue weighted by atomic mass is 19.4. The fourth-order valence-electron chi connectivity index (χ4n) is 3.03. The Morgan fingerprint density at radius 2 is 2.04 bits per heavy atom. The van der Waals surface area contributed by atoms with E-state index < -0.39 is 23.8 Å². The normalized spacial score (nSPS) is 17.9. The van der Waals surface area contributed by atoms with Crippen LogP contribution in [0.25, 0.3) is 0 Å². The average molecular weight is 378 g/mol. The number of amides is 1. The summed E-state index contributed by atoms with van der Waals surface area (Å²) in [6.07, 6.45) is 0.264. The summed E-state index contributed by atoms with van der Waals surface area (Å²) in [5.41, 5.74) is 0.616. The maximum atomic E-state index is 12.9. The summed E-state index contributed by atoms with van der Waals surface area (Å²) in [6.45, 7) is 1.77. The van der Waals surface area contributed by atoms with Crippen molar-refractivity contribution in [2.24, 2.45) is 10.9 Å². The molecule has 0 aromatic carbocycles. The smallest absolute Gasteiger partial charge is 0.342 e. The number of imidazole rings is 1. The van der Waals surface area contributed by atoms with E-state index in [9.17, 15) is 18.0 Å². The molecule has 1 saturated carbocycles. The number of carbonyl (C=O) groups excluding carboxylic acids is 1. The van der Waals surface area contributed by atoms with Crippen LogP contribution in [0, 0.1) is 12.8 Å². The Bertz CT molecular complexity index is 898. The third-order valence-corrected chi connectivity index (χ3v) is 4.64. The first-order valence-electron chi connectivity index (χ1n) is 8.64. The minimum absolute atomic E-state index is 0.0543. The molecule has 2 N–H and O–H groups in total. The molecule has 7 nitrogen and oxygen atoms in total. The number of rotatable bonds is 4. The molecule has 2 aliphatic rings. The van der Waals surface area contributed by atoms with Gasteiger partial charge >= 0.3 is 6.18 Å². The van der Waals surface area contributed by atoms with Gasteiger partial charge in [0.25, 0.3) is 5.91 Å². The van der Waals surface area contributed by atoms with Crippen molar-refractivity contribution in [1.29, 1.82) is 0 Å². The molecular formula is C17H17F3N6O. The molecule has 1 amide bonds. The van der Waals surface area contributed by atoms with Crippen LogP contribution in [-0.2, 0) is 6.42 Å². The molecule has 4 rings (SSSR count). The summed E-state index contributed by atoms with van der Waals surface area (Å²) in [5.74, 6) is 0.279. The van der Waals surface area contributed by atoms with Gasteiger partial charge in [0.2, 0.25) is 0 Å². The zero-order valence-corrected chi connectivity index (χ0v) is 14.5. The molecule has 3 heterocycles. The fourth-order valence-corrected chi connectivity index (χ4v) is 3.03. The number of fused-ring (bicyclic) bond motifs is 1. The second-order valence-corrected chi connectivity index (χ2v) is 6.81. The van der Waals surface area contributed by atoms with E-state index in [2.05, 4.69) is 30.2 Å². The van der Waals surface area contributed by atoms with Gasteiger partial charge < -0.3 is 10.3 Å². The largest absolute Gasteiger partial charge is 0.429 e. The Morgan fingerprint density at radius 1 is 1.26 bits per heavy atom. The van der Waals surface area contributed by atoms with Crippen LogP contribution in [0.2, 0.25) is 0 Å². The molecule has 0 unspecified atom stereocenters. The van der Waals surface area contributed by atoms with E-state index in [-0.39, 0.29) is 30.3 Å². The molecule has 1 aliphatic heterocycles. The predicted molar refractivity (Wildman–Crippen MR) is 89.8 cm³/mol. The van der Waals surface area contributed by atoms with Crippen molar-refractivity contribution >= 4 is 17.4 Å². The van der Waals surface area contributed by atoms with E-state index in [1.165, 1.54) is 12.4 Å². The number of carbonyl (C=O) groups is 1. The summed E-state index contributed by atoms with van der Waals surface area (Å²) >= 11 is 0. The first kappa shape index (κ1) is 17.6. The van der Waals surface area contributed by atoms with Crippen LogP contribution in [0.3, 0.4) is 0 Å². The Kier molecular flexibility index (Phi) is 4.20. The van der Waals surface area contributed by atoms with Crippen molar-refractivity contribution in [2.45, 2.75) is 44.8 Å². The monoisotopic (exact) mass is 378 g/mol. The quantitative estimate of drug-likeness (QED) is 0.855. The minimum atomic E-state index is -4.45. The van der Waals surface area contributed by atoms with Crippen molar-refractivity contribution in [3.63, 3.8) is 0 Å². The SMILES string of the molecule is Cc1cnc(C(=O)N[C@H](c2nc3c([nH]2)CCC(C(F)(F)F)=N3)C2CC2)cn1. The first-order valence-corrected chi connectivity index (χ1v) is 8.64. The van der Waals surface area contributed by atoms with Crippen LogP contribution in [-0.4, -0.2) is 37.7 Å². The molecule has 142 valence electrons. The van der Waals surface area contributed by atoms with Gasteiger partial charge in [-0.3, -0.25) is 9.78 Å². The number of aliphatic imine (C=N–C) groups is 1. The van der Waals surface area contributed by atoms with Gasteiger partial charge in [-0.1, -0.05) is 0 Å². The van der Waals surface area contributed by atoms with E-state index >= 15 is 0 Å². The second-order valence-electron chi connectivity index (χ2n) is 6.81. The molecule has 0 spiro atoms. The molecule has 1 aliphatic carbocycles. The van der Waals surface area contributed by atoms with Crippen molar-refractivity contribution in [3.8, 4) is 0 Å². The summed E-state index contributed by atoms with van der Waals surface area (Å²) in [7, 11) is 0. The number of H-pyrrole nitrogens is 1. The highest BCUT2D eigenvalue weighted by Crippen LogP contribution is 2.41. The number of halogens is 3. The topological polar surface area (TPSA) is 95.9 Å².